The van der Waals surface area contributed by atoms with Crippen LogP contribution in [0.4, 0.5) is 0 Å². The molecule has 6 heteroatoms. The summed E-state index contributed by atoms with van der Waals surface area (Å²) in [6.45, 7) is 1.79. The summed E-state index contributed by atoms with van der Waals surface area (Å²) in [5.74, 6) is 3.46. The Morgan fingerprint density at radius 1 is 1.09 bits per heavy atom. The Morgan fingerprint density at radius 3 is 2.36 bits per heavy atom. The van der Waals surface area contributed by atoms with Crippen LogP contribution in [0.15, 0.2) is 24.3 Å². The summed E-state index contributed by atoms with van der Waals surface area (Å²) < 4.78 is 5.46. The van der Waals surface area contributed by atoms with E-state index in [1.54, 1.807) is 12.0 Å². The third kappa shape index (κ3) is 4.39. The SMILES string of the molecule is COc1cccc(CN(C(=O)CN2CCC[C@H]2C(=O)N(C)C)C23CC4CC(CC(C4)C2)C3)c1. The predicted molar refractivity (Wildman–Crippen MR) is 128 cm³/mol. The average Bonchev–Trinajstić information content (AvgIpc) is 3.23. The van der Waals surface area contributed by atoms with Crippen LogP contribution in [-0.4, -0.2) is 72.4 Å². The maximum Gasteiger partial charge on any atom is 0.239 e. The Hall–Kier alpha value is -2.08. The minimum absolute atomic E-state index is 0.0182. The van der Waals surface area contributed by atoms with E-state index in [0.717, 1.165) is 67.7 Å². The van der Waals surface area contributed by atoms with Gasteiger partial charge in [-0.3, -0.25) is 14.5 Å². The molecule has 2 amide bonds. The summed E-state index contributed by atoms with van der Waals surface area (Å²) in [4.78, 5) is 32.8. The van der Waals surface area contributed by atoms with Crippen molar-refractivity contribution in [2.24, 2.45) is 17.8 Å². The standard InChI is InChI=1S/C27H39N3O3/c1-28(2)26(32)24-8-5-9-29(24)18-25(31)30(17-19-6-4-7-23(13-19)33-3)27-14-20-10-21(15-27)12-22(11-20)16-27/h4,6-7,13,20-22,24H,5,8-12,14-18H2,1-3H3/t20?,21?,22?,24-,27?/m0/s1. The van der Waals surface area contributed by atoms with Crippen molar-refractivity contribution in [3.05, 3.63) is 29.8 Å². The highest BCUT2D eigenvalue weighted by Gasteiger charge is 2.54. The first-order chi connectivity index (χ1) is 15.9. The third-order valence-corrected chi connectivity index (χ3v) is 8.78. The molecule has 4 saturated carbocycles. The maximum atomic E-state index is 14.0. The number of likely N-dealkylation sites (N-methyl/N-ethyl adjacent to an activating group) is 1. The highest BCUT2D eigenvalue weighted by atomic mass is 16.5. The first-order valence-corrected chi connectivity index (χ1v) is 12.8. The van der Waals surface area contributed by atoms with Crippen molar-refractivity contribution in [1.29, 1.82) is 0 Å². The molecule has 5 fully saturated rings. The molecule has 4 bridgehead atoms. The van der Waals surface area contributed by atoms with Crippen molar-refractivity contribution >= 4 is 11.8 Å². The molecule has 0 spiro atoms. The van der Waals surface area contributed by atoms with E-state index < -0.39 is 0 Å². The summed E-state index contributed by atoms with van der Waals surface area (Å²) in [6, 6.07) is 7.98. The molecular formula is C27H39N3O3. The van der Waals surface area contributed by atoms with Gasteiger partial charge in [0.25, 0.3) is 0 Å². The van der Waals surface area contributed by atoms with Crippen molar-refractivity contribution in [3.63, 3.8) is 0 Å². The monoisotopic (exact) mass is 453 g/mol. The molecule has 0 unspecified atom stereocenters. The summed E-state index contributed by atoms with van der Waals surface area (Å²) in [5.41, 5.74) is 1.11. The average molecular weight is 454 g/mol. The first kappa shape index (κ1) is 22.7. The third-order valence-electron chi connectivity index (χ3n) is 8.78. The van der Waals surface area contributed by atoms with Gasteiger partial charge in [0, 0.05) is 26.2 Å². The molecule has 33 heavy (non-hydrogen) atoms. The van der Waals surface area contributed by atoms with Gasteiger partial charge in [-0.2, -0.15) is 0 Å². The minimum Gasteiger partial charge on any atom is -0.497 e. The van der Waals surface area contributed by atoms with Crippen LogP contribution in [-0.2, 0) is 16.1 Å². The molecule has 5 aliphatic rings. The molecule has 0 radical (unpaired) electrons. The molecule has 1 saturated heterocycles. The van der Waals surface area contributed by atoms with Crippen molar-refractivity contribution in [2.45, 2.75) is 69.5 Å². The quantitative estimate of drug-likeness (QED) is 0.634. The number of carbonyl (C=O) groups excluding carboxylic acids is 2. The van der Waals surface area contributed by atoms with Crippen LogP contribution in [0.3, 0.4) is 0 Å². The lowest BCUT2D eigenvalue weighted by molar-refractivity contribution is -0.154. The lowest BCUT2D eigenvalue weighted by Gasteiger charge is -2.60. The number of nitrogens with zero attached hydrogens (tertiary/aromatic N) is 3. The Kier molecular flexibility index (Phi) is 6.15. The maximum absolute atomic E-state index is 14.0. The van der Waals surface area contributed by atoms with Crippen LogP contribution in [0.1, 0.15) is 56.9 Å². The number of methoxy groups -OCH3 is 1. The molecule has 6 nitrogen and oxygen atoms in total. The van der Waals surface area contributed by atoms with E-state index in [1.807, 2.05) is 26.2 Å². The van der Waals surface area contributed by atoms with Gasteiger partial charge in [0.1, 0.15) is 5.75 Å². The van der Waals surface area contributed by atoms with Crippen molar-refractivity contribution < 1.29 is 14.3 Å². The van der Waals surface area contributed by atoms with E-state index in [-0.39, 0.29) is 23.4 Å². The minimum atomic E-state index is -0.168. The van der Waals surface area contributed by atoms with Gasteiger partial charge in [0.2, 0.25) is 11.8 Å². The van der Waals surface area contributed by atoms with Crippen LogP contribution in [0.25, 0.3) is 0 Å². The van der Waals surface area contributed by atoms with E-state index in [2.05, 4.69) is 21.9 Å². The number of rotatable bonds is 7. The molecule has 1 aliphatic heterocycles. The van der Waals surface area contributed by atoms with Crippen LogP contribution >= 0.6 is 0 Å². The number of ether oxygens (including phenoxy) is 1. The Morgan fingerprint density at radius 2 is 1.76 bits per heavy atom. The smallest absolute Gasteiger partial charge is 0.239 e. The van der Waals surface area contributed by atoms with E-state index in [9.17, 15) is 9.59 Å². The van der Waals surface area contributed by atoms with Crippen LogP contribution < -0.4 is 4.74 Å². The molecule has 0 aromatic heterocycles. The van der Waals surface area contributed by atoms with E-state index in [0.29, 0.717) is 13.1 Å². The van der Waals surface area contributed by atoms with Crippen LogP contribution in [0.2, 0.25) is 0 Å². The highest BCUT2D eigenvalue weighted by Crippen LogP contribution is 2.58. The molecule has 1 atom stereocenters. The molecule has 4 aliphatic carbocycles. The lowest BCUT2D eigenvalue weighted by Crippen LogP contribution is -2.62. The highest BCUT2D eigenvalue weighted by molar-refractivity contribution is 5.84. The van der Waals surface area contributed by atoms with Crippen LogP contribution in [0.5, 0.6) is 5.75 Å². The number of hydrogen-bond acceptors (Lipinski definition) is 4. The Bertz CT molecular complexity index is 863. The van der Waals surface area contributed by atoms with Gasteiger partial charge < -0.3 is 14.5 Å². The van der Waals surface area contributed by atoms with Crippen molar-refractivity contribution in [2.75, 3.05) is 34.3 Å². The van der Waals surface area contributed by atoms with Crippen molar-refractivity contribution in [1.82, 2.24) is 14.7 Å². The summed E-state index contributed by atoms with van der Waals surface area (Å²) in [5, 5.41) is 0. The largest absolute Gasteiger partial charge is 0.497 e. The number of benzene rings is 1. The van der Waals surface area contributed by atoms with E-state index >= 15 is 0 Å². The second-order valence-electron chi connectivity index (χ2n) is 11.3. The molecule has 1 aromatic rings. The Balaban J connectivity index is 1.41. The van der Waals surface area contributed by atoms with Gasteiger partial charge in [-0.1, -0.05) is 12.1 Å². The Labute approximate surface area is 198 Å². The summed E-state index contributed by atoms with van der Waals surface area (Å²) in [6.07, 6.45) is 9.32. The predicted octanol–water partition coefficient (Wildman–Crippen LogP) is 3.55. The fourth-order valence-corrected chi connectivity index (χ4v) is 7.72. The fraction of sp³-hybridized carbons (Fsp3) is 0.704. The van der Waals surface area contributed by atoms with Gasteiger partial charge in [0.05, 0.1) is 19.7 Å². The second-order valence-corrected chi connectivity index (χ2v) is 11.3. The number of likely N-dealkylation sites (tertiary alicyclic amines) is 1. The van der Waals surface area contributed by atoms with E-state index in [4.69, 9.17) is 4.74 Å². The van der Waals surface area contributed by atoms with Gasteiger partial charge in [-0.15, -0.1) is 0 Å². The number of amides is 2. The van der Waals surface area contributed by atoms with Gasteiger partial charge in [0.15, 0.2) is 0 Å². The first-order valence-electron chi connectivity index (χ1n) is 12.8. The molecule has 1 heterocycles. The van der Waals surface area contributed by atoms with Gasteiger partial charge in [-0.05, 0) is 93.4 Å². The van der Waals surface area contributed by atoms with Gasteiger partial charge in [-0.25, -0.2) is 0 Å². The topological polar surface area (TPSA) is 53.1 Å². The van der Waals surface area contributed by atoms with E-state index in [1.165, 1.54) is 19.3 Å². The lowest BCUT2D eigenvalue weighted by atomic mass is 9.52. The zero-order chi connectivity index (χ0) is 23.2. The number of hydrogen-bond donors (Lipinski definition) is 0. The molecule has 180 valence electrons. The molecule has 1 aromatic carbocycles. The fourth-order valence-electron chi connectivity index (χ4n) is 7.72. The summed E-state index contributed by atoms with van der Waals surface area (Å²) in [7, 11) is 5.31. The molecule has 0 N–H and O–H groups in total. The molecular weight excluding hydrogens is 414 g/mol. The number of carbonyl (C=O) groups is 2. The van der Waals surface area contributed by atoms with Crippen molar-refractivity contribution in [3.8, 4) is 5.75 Å². The molecule has 6 rings (SSSR count). The zero-order valence-corrected chi connectivity index (χ0v) is 20.5. The zero-order valence-electron chi connectivity index (χ0n) is 20.5. The van der Waals surface area contributed by atoms with Gasteiger partial charge >= 0.3 is 0 Å². The second kappa shape index (κ2) is 8.94. The normalized spacial score (nSPS) is 32.7. The summed E-state index contributed by atoms with van der Waals surface area (Å²) >= 11 is 0. The van der Waals surface area contributed by atoms with Crippen LogP contribution in [0, 0.1) is 17.8 Å².